The molecule has 0 aliphatic rings. The molecular weight excluding hydrogens is 316 g/mol. The predicted molar refractivity (Wildman–Crippen MR) is 81.7 cm³/mol. The van der Waals surface area contributed by atoms with Gasteiger partial charge in [0.05, 0.1) is 28.5 Å². The molecule has 1 aromatic carbocycles. The van der Waals surface area contributed by atoms with Crippen molar-refractivity contribution in [1.29, 1.82) is 0 Å². The number of ether oxygens (including phenoxy) is 1. The van der Waals surface area contributed by atoms with E-state index in [1.807, 2.05) is 18.2 Å². The van der Waals surface area contributed by atoms with Gasteiger partial charge in [-0.25, -0.2) is 9.97 Å². The van der Waals surface area contributed by atoms with Crippen LogP contribution in [0, 0.1) is 0 Å². The molecule has 0 spiro atoms. The van der Waals surface area contributed by atoms with Crippen molar-refractivity contribution in [1.82, 2.24) is 15.0 Å². The van der Waals surface area contributed by atoms with E-state index in [4.69, 9.17) is 22.1 Å². The van der Waals surface area contributed by atoms with E-state index in [9.17, 15) is 0 Å². The van der Waals surface area contributed by atoms with Crippen LogP contribution < -0.4 is 10.5 Å². The van der Waals surface area contributed by atoms with Crippen LogP contribution in [0.15, 0.2) is 33.8 Å². The van der Waals surface area contributed by atoms with Gasteiger partial charge in [-0.2, -0.15) is 4.98 Å². The smallest absolute Gasteiger partial charge is 0.317 e. The number of fused-ring (bicyclic) bond motifs is 1. The lowest BCUT2D eigenvalue weighted by molar-refractivity contribution is 0.376. The highest BCUT2D eigenvalue weighted by atomic mass is 35.5. The van der Waals surface area contributed by atoms with E-state index >= 15 is 0 Å². The van der Waals surface area contributed by atoms with Crippen molar-refractivity contribution < 1.29 is 4.74 Å². The van der Waals surface area contributed by atoms with Gasteiger partial charge in [-0.3, -0.25) is 0 Å². The maximum Gasteiger partial charge on any atom is 0.317 e. The number of nitrogen functional groups attached to an aromatic ring is 1. The molecule has 3 rings (SSSR count). The molecule has 0 saturated carbocycles. The first kappa shape index (κ1) is 13.4. The number of nitrogens with zero attached hydrogens (tertiary/aromatic N) is 3. The van der Waals surface area contributed by atoms with Crippen molar-refractivity contribution in [3.63, 3.8) is 0 Å². The molecule has 2 heterocycles. The highest BCUT2D eigenvalue weighted by molar-refractivity contribution is 8.01. The summed E-state index contributed by atoms with van der Waals surface area (Å²) >= 11 is 9.00. The third-order valence-electron chi connectivity index (χ3n) is 2.45. The Labute approximate surface area is 128 Å². The van der Waals surface area contributed by atoms with E-state index in [-0.39, 0.29) is 6.01 Å². The highest BCUT2D eigenvalue weighted by Crippen LogP contribution is 2.37. The normalized spacial score (nSPS) is 10.9. The number of thiazole rings is 1. The Balaban J connectivity index is 1.96. The predicted octanol–water partition coefficient (Wildman–Crippen LogP) is 3.48. The first-order valence-corrected chi connectivity index (χ1v) is 7.57. The van der Waals surface area contributed by atoms with Gasteiger partial charge >= 0.3 is 6.01 Å². The molecule has 3 aromatic rings. The molecule has 20 heavy (non-hydrogen) atoms. The maximum atomic E-state index is 6.08. The molecule has 0 aliphatic heterocycles. The molecule has 0 atom stereocenters. The number of hydrogen-bond acceptors (Lipinski definition) is 7. The highest BCUT2D eigenvalue weighted by Gasteiger charge is 2.11. The maximum absolute atomic E-state index is 6.08. The standard InChI is InChI=1S/C12H9ClN4OS2/c1-18-11-15-5-7(13)10(17-11)20-12-16-8-3-2-6(14)4-9(8)19-12/h2-5H,14H2,1H3. The molecule has 102 valence electrons. The van der Waals surface area contributed by atoms with Crippen LogP contribution in [0.1, 0.15) is 0 Å². The van der Waals surface area contributed by atoms with Crippen LogP contribution in [0.2, 0.25) is 5.02 Å². The van der Waals surface area contributed by atoms with Gasteiger partial charge in [-0.15, -0.1) is 11.3 Å². The van der Waals surface area contributed by atoms with Gasteiger partial charge in [0.1, 0.15) is 5.03 Å². The topological polar surface area (TPSA) is 73.9 Å². The molecule has 5 nitrogen and oxygen atoms in total. The molecule has 8 heteroatoms. The fourth-order valence-electron chi connectivity index (χ4n) is 1.55. The van der Waals surface area contributed by atoms with Gasteiger partial charge in [0.25, 0.3) is 0 Å². The van der Waals surface area contributed by atoms with Crippen molar-refractivity contribution in [3.8, 4) is 6.01 Å². The van der Waals surface area contributed by atoms with Gasteiger partial charge in [0.15, 0.2) is 4.34 Å². The van der Waals surface area contributed by atoms with Crippen LogP contribution >= 0.6 is 34.7 Å². The van der Waals surface area contributed by atoms with Gasteiger partial charge in [-0.1, -0.05) is 11.6 Å². The lowest BCUT2D eigenvalue weighted by atomic mass is 10.3. The average Bonchev–Trinajstić information content (AvgIpc) is 2.82. The molecular formula is C12H9ClN4OS2. The van der Waals surface area contributed by atoms with Crippen LogP contribution in [-0.4, -0.2) is 22.1 Å². The van der Waals surface area contributed by atoms with Gasteiger partial charge in [0.2, 0.25) is 0 Å². The lowest BCUT2D eigenvalue weighted by Crippen LogP contribution is -1.93. The third kappa shape index (κ3) is 2.65. The Kier molecular flexibility index (Phi) is 3.64. The van der Waals surface area contributed by atoms with Crippen LogP contribution in [0.3, 0.4) is 0 Å². The monoisotopic (exact) mass is 324 g/mol. The fraction of sp³-hybridized carbons (Fsp3) is 0.0833. The number of benzene rings is 1. The van der Waals surface area contributed by atoms with Crippen molar-refractivity contribution in [2.45, 2.75) is 9.37 Å². The number of hydrogen-bond donors (Lipinski definition) is 1. The van der Waals surface area contributed by atoms with Crippen molar-refractivity contribution >= 4 is 50.6 Å². The Hall–Kier alpha value is -1.57. The minimum atomic E-state index is 0.280. The van der Waals surface area contributed by atoms with Crippen LogP contribution in [0.5, 0.6) is 6.01 Å². The summed E-state index contributed by atoms with van der Waals surface area (Å²) in [7, 11) is 1.51. The number of anilines is 1. The average molecular weight is 325 g/mol. The Morgan fingerprint density at radius 1 is 1.35 bits per heavy atom. The Morgan fingerprint density at radius 3 is 3.00 bits per heavy atom. The minimum absolute atomic E-state index is 0.280. The summed E-state index contributed by atoms with van der Waals surface area (Å²) < 4.78 is 6.87. The van der Waals surface area contributed by atoms with Crippen molar-refractivity contribution in [2.75, 3.05) is 12.8 Å². The Bertz CT molecular complexity index is 777. The lowest BCUT2D eigenvalue weighted by Gasteiger charge is -2.02. The van der Waals surface area contributed by atoms with E-state index in [0.717, 1.165) is 20.2 Å². The summed E-state index contributed by atoms with van der Waals surface area (Å²) in [6, 6.07) is 5.91. The van der Waals surface area contributed by atoms with Gasteiger partial charge < -0.3 is 10.5 Å². The van der Waals surface area contributed by atoms with E-state index in [1.54, 1.807) is 11.3 Å². The van der Waals surface area contributed by atoms with Crippen LogP contribution in [-0.2, 0) is 0 Å². The molecule has 0 amide bonds. The second-order valence-corrected chi connectivity index (χ2v) is 6.49. The SMILES string of the molecule is COc1ncc(Cl)c(Sc2nc3ccc(N)cc3s2)n1. The summed E-state index contributed by atoms with van der Waals surface area (Å²) in [6.45, 7) is 0. The summed E-state index contributed by atoms with van der Waals surface area (Å²) in [4.78, 5) is 12.7. The van der Waals surface area contributed by atoms with Gasteiger partial charge in [0, 0.05) is 5.69 Å². The fourth-order valence-corrected chi connectivity index (χ4v) is 3.76. The molecule has 0 radical (unpaired) electrons. The zero-order chi connectivity index (χ0) is 14.1. The van der Waals surface area contributed by atoms with Crippen molar-refractivity contribution in [3.05, 3.63) is 29.4 Å². The van der Waals surface area contributed by atoms with E-state index in [1.165, 1.54) is 25.1 Å². The molecule has 0 fully saturated rings. The number of halogens is 1. The van der Waals surface area contributed by atoms with Crippen molar-refractivity contribution in [2.24, 2.45) is 0 Å². The minimum Gasteiger partial charge on any atom is -0.467 e. The first-order chi connectivity index (χ1) is 9.65. The second-order valence-electron chi connectivity index (χ2n) is 3.82. The number of methoxy groups -OCH3 is 1. The molecule has 0 saturated heterocycles. The summed E-state index contributed by atoms with van der Waals surface area (Å²) in [5.41, 5.74) is 7.39. The number of aromatic nitrogens is 3. The largest absolute Gasteiger partial charge is 0.467 e. The van der Waals surface area contributed by atoms with E-state index < -0.39 is 0 Å². The molecule has 0 unspecified atom stereocenters. The summed E-state index contributed by atoms with van der Waals surface area (Å²) in [5.74, 6) is 0. The van der Waals surface area contributed by atoms with E-state index in [2.05, 4.69) is 15.0 Å². The number of rotatable bonds is 3. The number of nitrogens with two attached hydrogens (primary N) is 1. The second kappa shape index (κ2) is 5.43. The first-order valence-electron chi connectivity index (χ1n) is 5.56. The van der Waals surface area contributed by atoms with Crippen LogP contribution in [0.4, 0.5) is 5.69 Å². The third-order valence-corrected chi connectivity index (χ3v) is 4.92. The zero-order valence-electron chi connectivity index (χ0n) is 10.3. The molecule has 2 N–H and O–H groups in total. The van der Waals surface area contributed by atoms with E-state index in [0.29, 0.717) is 10.0 Å². The molecule has 0 aliphatic carbocycles. The summed E-state index contributed by atoms with van der Waals surface area (Å²) in [6.07, 6.45) is 1.51. The molecule has 0 bridgehead atoms. The molecule has 2 aromatic heterocycles. The van der Waals surface area contributed by atoms with Gasteiger partial charge in [-0.05, 0) is 30.0 Å². The summed E-state index contributed by atoms with van der Waals surface area (Å²) in [5, 5.41) is 1.08. The zero-order valence-corrected chi connectivity index (χ0v) is 12.7. The quantitative estimate of drug-likeness (QED) is 0.587. The van der Waals surface area contributed by atoms with Crippen LogP contribution in [0.25, 0.3) is 10.2 Å². The Morgan fingerprint density at radius 2 is 2.20 bits per heavy atom.